The molecule has 1 rings (SSSR count). The molecule has 0 unspecified atom stereocenters. The van der Waals surface area contributed by atoms with Crippen molar-refractivity contribution in [2.24, 2.45) is 0 Å². The molecule has 0 aliphatic heterocycles. The molecule has 12 heavy (non-hydrogen) atoms. The summed E-state index contributed by atoms with van der Waals surface area (Å²) in [6, 6.07) is 6.39. The van der Waals surface area contributed by atoms with Crippen molar-refractivity contribution >= 4 is 0 Å². The summed E-state index contributed by atoms with van der Waals surface area (Å²) in [4.78, 5) is 3.34. The summed E-state index contributed by atoms with van der Waals surface area (Å²) in [7, 11) is 0. The third-order valence-electron chi connectivity index (χ3n) is 1.99. The Balaban J connectivity index is 2.81. The van der Waals surface area contributed by atoms with Crippen LogP contribution in [0.2, 0.25) is 0 Å². The van der Waals surface area contributed by atoms with E-state index in [-0.39, 0.29) is 0 Å². The van der Waals surface area contributed by atoms with Crippen LogP contribution in [0.5, 0.6) is 0 Å². The molecule has 0 amide bonds. The first-order chi connectivity index (χ1) is 5.74. The normalized spacial score (nSPS) is 9.42. The van der Waals surface area contributed by atoms with Gasteiger partial charge in [-0.05, 0) is 25.0 Å². The van der Waals surface area contributed by atoms with E-state index in [9.17, 15) is 0 Å². The molecule has 1 aromatic carbocycles. The quantitative estimate of drug-likeness (QED) is 0.584. The molecule has 0 radical (unpaired) electrons. The monoisotopic (exact) mass is 159 g/mol. The van der Waals surface area contributed by atoms with E-state index in [1.165, 1.54) is 16.7 Å². The molecule has 0 bridgehead atoms. The van der Waals surface area contributed by atoms with E-state index in [0.29, 0.717) is 6.54 Å². The Kier molecular flexibility index (Phi) is 2.88. The smallest absolute Gasteiger partial charge is 0.218 e. The van der Waals surface area contributed by atoms with Crippen LogP contribution in [-0.4, -0.2) is 6.54 Å². The highest BCUT2D eigenvalue weighted by Gasteiger charge is 1.98. The summed E-state index contributed by atoms with van der Waals surface area (Å²) in [6.07, 6.45) is 0.885. The Labute approximate surface area is 73.9 Å². The minimum atomic E-state index is 0.601. The summed E-state index contributed by atoms with van der Waals surface area (Å²) in [5.74, 6) is 0. The largest absolute Gasteiger partial charge is 0.317 e. The second-order valence-electron chi connectivity index (χ2n) is 3.06. The molecule has 0 saturated heterocycles. The second-order valence-corrected chi connectivity index (χ2v) is 3.06. The van der Waals surface area contributed by atoms with E-state index < -0.39 is 0 Å². The van der Waals surface area contributed by atoms with Gasteiger partial charge in [-0.25, -0.2) is 6.57 Å². The van der Waals surface area contributed by atoms with Crippen molar-refractivity contribution in [1.29, 1.82) is 0 Å². The van der Waals surface area contributed by atoms with Gasteiger partial charge in [-0.3, -0.25) is 0 Å². The van der Waals surface area contributed by atoms with Gasteiger partial charge in [0, 0.05) is 6.42 Å². The number of hydrogen-bond donors (Lipinski definition) is 0. The molecule has 0 spiro atoms. The Morgan fingerprint density at radius 2 is 2.08 bits per heavy atom. The Morgan fingerprint density at radius 1 is 1.33 bits per heavy atom. The number of nitrogens with zero attached hydrogens (tertiary/aromatic N) is 1. The van der Waals surface area contributed by atoms with Gasteiger partial charge in [0.25, 0.3) is 0 Å². The highest BCUT2D eigenvalue weighted by Crippen LogP contribution is 2.10. The third kappa shape index (κ3) is 2.10. The van der Waals surface area contributed by atoms with Crippen LogP contribution < -0.4 is 0 Å². The topological polar surface area (TPSA) is 4.36 Å². The van der Waals surface area contributed by atoms with Crippen molar-refractivity contribution in [3.05, 3.63) is 46.3 Å². The molecule has 0 aromatic heterocycles. The molecule has 0 N–H and O–H groups in total. The van der Waals surface area contributed by atoms with E-state index in [1.54, 1.807) is 0 Å². The zero-order valence-corrected chi connectivity index (χ0v) is 7.59. The lowest BCUT2D eigenvalue weighted by Crippen LogP contribution is -1.91. The summed E-state index contributed by atoms with van der Waals surface area (Å²) in [6.45, 7) is 11.5. The Hall–Kier alpha value is -1.29. The van der Waals surface area contributed by atoms with Crippen LogP contribution >= 0.6 is 0 Å². The van der Waals surface area contributed by atoms with Gasteiger partial charge in [0.15, 0.2) is 0 Å². The van der Waals surface area contributed by atoms with Gasteiger partial charge < -0.3 is 4.85 Å². The van der Waals surface area contributed by atoms with Crippen LogP contribution in [0.15, 0.2) is 18.2 Å². The van der Waals surface area contributed by atoms with Gasteiger partial charge in [-0.15, -0.1) is 0 Å². The maximum atomic E-state index is 6.69. The van der Waals surface area contributed by atoms with Gasteiger partial charge in [-0.1, -0.05) is 23.8 Å². The van der Waals surface area contributed by atoms with E-state index in [4.69, 9.17) is 6.57 Å². The molecule has 62 valence electrons. The average molecular weight is 159 g/mol. The van der Waals surface area contributed by atoms with Crippen LogP contribution in [0.4, 0.5) is 0 Å². The number of benzene rings is 1. The van der Waals surface area contributed by atoms with Crippen molar-refractivity contribution in [3.8, 4) is 0 Å². The van der Waals surface area contributed by atoms with Crippen LogP contribution in [0.1, 0.15) is 16.7 Å². The fourth-order valence-corrected chi connectivity index (χ4v) is 1.30. The Morgan fingerprint density at radius 3 is 2.67 bits per heavy atom. The van der Waals surface area contributed by atoms with Crippen molar-refractivity contribution < 1.29 is 0 Å². The van der Waals surface area contributed by atoms with E-state index in [1.807, 2.05) is 0 Å². The predicted octanol–water partition coefficient (Wildman–Crippen LogP) is 2.77. The van der Waals surface area contributed by atoms with Crippen LogP contribution in [-0.2, 0) is 6.42 Å². The highest BCUT2D eigenvalue weighted by atomic mass is 14.6. The lowest BCUT2D eigenvalue weighted by atomic mass is 10.0. The first-order valence-corrected chi connectivity index (χ1v) is 4.13. The van der Waals surface area contributed by atoms with Gasteiger partial charge in [-0.2, -0.15) is 0 Å². The molecule has 0 aliphatic carbocycles. The fourth-order valence-electron chi connectivity index (χ4n) is 1.30. The second kappa shape index (κ2) is 3.92. The lowest BCUT2D eigenvalue weighted by molar-refractivity contribution is 1.05. The molecule has 1 aromatic rings. The predicted molar refractivity (Wildman–Crippen MR) is 51.1 cm³/mol. The lowest BCUT2D eigenvalue weighted by Gasteiger charge is -2.02. The first kappa shape index (κ1) is 8.80. The minimum Gasteiger partial charge on any atom is -0.317 e. The first-order valence-electron chi connectivity index (χ1n) is 4.13. The van der Waals surface area contributed by atoms with Crippen LogP contribution in [0.25, 0.3) is 4.85 Å². The molecule has 0 fully saturated rings. The molecular weight excluding hydrogens is 146 g/mol. The fraction of sp³-hybridized carbons (Fsp3) is 0.364. The van der Waals surface area contributed by atoms with E-state index in [2.05, 4.69) is 36.9 Å². The van der Waals surface area contributed by atoms with E-state index in [0.717, 1.165) is 6.42 Å². The summed E-state index contributed by atoms with van der Waals surface area (Å²) < 4.78 is 0. The zero-order valence-electron chi connectivity index (χ0n) is 7.59. The number of hydrogen-bond acceptors (Lipinski definition) is 0. The standard InChI is InChI=1S/C11H13N/c1-9-4-5-11(6-7-12-3)10(2)8-9/h4-5,8H,6-7H2,1-2H3. The van der Waals surface area contributed by atoms with Gasteiger partial charge in [0.1, 0.15) is 0 Å². The van der Waals surface area contributed by atoms with Crippen molar-refractivity contribution in [1.82, 2.24) is 0 Å². The third-order valence-corrected chi connectivity index (χ3v) is 1.99. The summed E-state index contributed by atoms with van der Waals surface area (Å²) >= 11 is 0. The summed E-state index contributed by atoms with van der Waals surface area (Å²) in [5, 5.41) is 0. The van der Waals surface area contributed by atoms with Crippen LogP contribution in [0, 0.1) is 20.4 Å². The maximum absolute atomic E-state index is 6.69. The van der Waals surface area contributed by atoms with Crippen molar-refractivity contribution in [3.63, 3.8) is 0 Å². The van der Waals surface area contributed by atoms with Crippen molar-refractivity contribution in [2.45, 2.75) is 20.3 Å². The molecule has 0 saturated carbocycles. The minimum absolute atomic E-state index is 0.601. The van der Waals surface area contributed by atoms with Crippen molar-refractivity contribution in [2.75, 3.05) is 6.54 Å². The SMILES string of the molecule is [C-]#[N+]CCc1ccc(C)cc1C. The molecule has 0 aliphatic rings. The molecule has 1 nitrogen and oxygen atoms in total. The van der Waals surface area contributed by atoms with Crippen LogP contribution in [0.3, 0.4) is 0 Å². The number of rotatable bonds is 2. The highest BCUT2D eigenvalue weighted by molar-refractivity contribution is 5.30. The molecular formula is C11H13N. The summed E-state index contributed by atoms with van der Waals surface area (Å²) in [5.41, 5.74) is 3.90. The average Bonchev–Trinajstić information content (AvgIpc) is 2.03. The number of aryl methyl sites for hydroxylation is 2. The van der Waals surface area contributed by atoms with Gasteiger partial charge in [0.2, 0.25) is 6.54 Å². The van der Waals surface area contributed by atoms with E-state index >= 15 is 0 Å². The maximum Gasteiger partial charge on any atom is 0.218 e. The Bertz CT molecular complexity index is 307. The van der Waals surface area contributed by atoms with Gasteiger partial charge in [0.05, 0.1) is 0 Å². The van der Waals surface area contributed by atoms with Gasteiger partial charge >= 0.3 is 0 Å². The molecule has 0 atom stereocenters. The molecule has 0 heterocycles. The molecule has 1 heteroatoms. The zero-order chi connectivity index (χ0) is 8.97.